The third kappa shape index (κ3) is 4.33. The summed E-state index contributed by atoms with van der Waals surface area (Å²) in [6, 6.07) is 14.9. The van der Waals surface area contributed by atoms with E-state index in [0.29, 0.717) is 16.9 Å². The molecule has 0 bridgehead atoms. The first-order valence-electron chi connectivity index (χ1n) is 7.60. The van der Waals surface area contributed by atoms with Crippen LogP contribution in [0.3, 0.4) is 0 Å². The summed E-state index contributed by atoms with van der Waals surface area (Å²) >= 11 is 0. The van der Waals surface area contributed by atoms with Crippen LogP contribution in [0, 0.1) is 0 Å². The van der Waals surface area contributed by atoms with Crippen molar-refractivity contribution in [3.8, 4) is 0 Å². The van der Waals surface area contributed by atoms with E-state index in [1.807, 2.05) is 36.4 Å². The highest BCUT2D eigenvalue weighted by Gasteiger charge is 2.07. The molecular formula is C18H23N3O. The summed E-state index contributed by atoms with van der Waals surface area (Å²) in [6.07, 6.45) is 0. The quantitative estimate of drug-likeness (QED) is 0.804. The first-order valence-corrected chi connectivity index (χ1v) is 7.60. The van der Waals surface area contributed by atoms with Crippen LogP contribution in [-0.2, 0) is 6.54 Å². The van der Waals surface area contributed by atoms with Crippen LogP contribution >= 0.6 is 0 Å². The zero-order valence-electron chi connectivity index (χ0n) is 13.2. The average molecular weight is 297 g/mol. The largest absolute Gasteiger partial charge is 0.399 e. The molecule has 0 aromatic heterocycles. The lowest BCUT2D eigenvalue weighted by Crippen LogP contribution is -2.22. The number of rotatable bonds is 6. The molecule has 0 radical (unpaired) electrons. The normalized spacial score (nSPS) is 10.7. The fourth-order valence-corrected chi connectivity index (χ4v) is 2.29. The second-order valence-electron chi connectivity index (χ2n) is 5.24. The predicted molar refractivity (Wildman–Crippen MR) is 91.9 cm³/mol. The van der Waals surface area contributed by atoms with Crippen molar-refractivity contribution in [1.29, 1.82) is 0 Å². The first kappa shape index (κ1) is 16.0. The van der Waals surface area contributed by atoms with E-state index in [0.717, 1.165) is 19.6 Å². The van der Waals surface area contributed by atoms with Gasteiger partial charge < -0.3 is 11.1 Å². The van der Waals surface area contributed by atoms with Crippen molar-refractivity contribution in [2.75, 3.05) is 24.1 Å². The number of carbonyl (C=O) groups is 1. The van der Waals surface area contributed by atoms with E-state index in [-0.39, 0.29) is 5.91 Å². The van der Waals surface area contributed by atoms with E-state index in [1.165, 1.54) is 5.56 Å². The van der Waals surface area contributed by atoms with E-state index in [4.69, 9.17) is 5.73 Å². The van der Waals surface area contributed by atoms with Gasteiger partial charge in [0, 0.05) is 23.5 Å². The summed E-state index contributed by atoms with van der Waals surface area (Å²) in [5.74, 6) is -0.125. The van der Waals surface area contributed by atoms with Crippen LogP contribution in [0.4, 0.5) is 11.4 Å². The van der Waals surface area contributed by atoms with Gasteiger partial charge in [0.05, 0.1) is 0 Å². The number of nitrogen functional groups attached to an aromatic ring is 1. The Labute approximate surface area is 131 Å². The van der Waals surface area contributed by atoms with Crippen molar-refractivity contribution in [2.45, 2.75) is 20.4 Å². The summed E-state index contributed by atoms with van der Waals surface area (Å²) in [6.45, 7) is 7.25. The summed E-state index contributed by atoms with van der Waals surface area (Å²) in [5, 5.41) is 2.85. The molecule has 0 fully saturated rings. The van der Waals surface area contributed by atoms with Crippen LogP contribution in [-0.4, -0.2) is 23.9 Å². The molecule has 0 spiro atoms. The SMILES string of the molecule is CCN(CC)Cc1ccc(C(=O)Nc2cccc(N)c2)cc1. The molecule has 0 saturated heterocycles. The number of nitrogens with two attached hydrogens (primary N) is 1. The van der Waals surface area contributed by atoms with E-state index in [1.54, 1.807) is 12.1 Å². The van der Waals surface area contributed by atoms with Crippen LogP contribution < -0.4 is 11.1 Å². The minimum absolute atomic E-state index is 0.125. The summed E-state index contributed by atoms with van der Waals surface area (Å²) in [5.41, 5.74) is 8.90. The molecule has 2 aromatic carbocycles. The molecule has 0 aliphatic heterocycles. The molecule has 3 N–H and O–H groups in total. The highest BCUT2D eigenvalue weighted by Crippen LogP contribution is 2.14. The Morgan fingerprint density at radius 3 is 2.36 bits per heavy atom. The molecule has 4 nitrogen and oxygen atoms in total. The topological polar surface area (TPSA) is 58.4 Å². The van der Waals surface area contributed by atoms with Gasteiger partial charge in [-0.1, -0.05) is 32.0 Å². The van der Waals surface area contributed by atoms with E-state index in [2.05, 4.69) is 24.1 Å². The minimum atomic E-state index is -0.125. The van der Waals surface area contributed by atoms with Crippen molar-refractivity contribution in [3.63, 3.8) is 0 Å². The number of hydrogen-bond donors (Lipinski definition) is 2. The zero-order chi connectivity index (χ0) is 15.9. The van der Waals surface area contributed by atoms with Crippen LogP contribution in [0.1, 0.15) is 29.8 Å². The van der Waals surface area contributed by atoms with Gasteiger partial charge >= 0.3 is 0 Å². The van der Waals surface area contributed by atoms with E-state index < -0.39 is 0 Å². The number of benzene rings is 2. The predicted octanol–water partition coefficient (Wildman–Crippen LogP) is 3.36. The lowest BCUT2D eigenvalue weighted by Gasteiger charge is -2.18. The third-order valence-electron chi connectivity index (χ3n) is 3.66. The third-order valence-corrected chi connectivity index (χ3v) is 3.66. The molecule has 22 heavy (non-hydrogen) atoms. The molecule has 2 aromatic rings. The van der Waals surface area contributed by atoms with Crippen LogP contribution in [0.2, 0.25) is 0 Å². The summed E-state index contributed by atoms with van der Waals surface area (Å²) in [4.78, 5) is 14.5. The van der Waals surface area contributed by atoms with Gasteiger partial charge in [-0.2, -0.15) is 0 Å². The Kier molecular flexibility index (Phi) is 5.55. The summed E-state index contributed by atoms with van der Waals surface area (Å²) in [7, 11) is 0. The van der Waals surface area contributed by atoms with Crippen molar-refractivity contribution in [3.05, 3.63) is 59.7 Å². The van der Waals surface area contributed by atoms with Gasteiger partial charge in [-0.3, -0.25) is 9.69 Å². The second kappa shape index (κ2) is 7.61. The van der Waals surface area contributed by atoms with Gasteiger partial charge in [0.2, 0.25) is 0 Å². The van der Waals surface area contributed by atoms with Gasteiger partial charge in [-0.15, -0.1) is 0 Å². The van der Waals surface area contributed by atoms with Crippen molar-refractivity contribution in [2.24, 2.45) is 0 Å². The Morgan fingerprint density at radius 1 is 1.09 bits per heavy atom. The van der Waals surface area contributed by atoms with E-state index in [9.17, 15) is 4.79 Å². The highest BCUT2D eigenvalue weighted by molar-refractivity contribution is 6.04. The molecule has 116 valence electrons. The maximum atomic E-state index is 12.2. The Balaban J connectivity index is 2.02. The maximum Gasteiger partial charge on any atom is 0.255 e. The Morgan fingerprint density at radius 2 is 1.77 bits per heavy atom. The molecular weight excluding hydrogens is 274 g/mol. The lowest BCUT2D eigenvalue weighted by molar-refractivity contribution is 0.102. The molecule has 0 heterocycles. The smallest absolute Gasteiger partial charge is 0.255 e. The molecule has 1 amide bonds. The molecule has 0 unspecified atom stereocenters. The average Bonchev–Trinajstić information content (AvgIpc) is 2.53. The minimum Gasteiger partial charge on any atom is -0.399 e. The fourth-order valence-electron chi connectivity index (χ4n) is 2.29. The fraction of sp³-hybridized carbons (Fsp3) is 0.278. The number of nitrogens with zero attached hydrogens (tertiary/aromatic N) is 1. The number of hydrogen-bond acceptors (Lipinski definition) is 3. The zero-order valence-corrected chi connectivity index (χ0v) is 13.2. The highest BCUT2D eigenvalue weighted by atomic mass is 16.1. The first-order chi connectivity index (χ1) is 10.6. The number of anilines is 2. The monoisotopic (exact) mass is 297 g/mol. The van der Waals surface area contributed by atoms with Gasteiger partial charge in [-0.25, -0.2) is 0 Å². The molecule has 2 rings (SSSR count). The molecule has 0 aliphatic rings. The molecule has 4 heteroatoms. The van der Waals surface area contributed by atoms with Crippen LogP contribution in [0.5, 0.6) is 0 Å². The van der Waals surface area contributed by atoms with Crippen LogP contribution in [0.15, 0.2) is 48.5 Å². The van der Waals surface area contributed by atoms with Gasteiger partial charge in [-0.05, 0) is 49.0 Å². The van der Waals surface area contributed by atoms with Crippen molar-refractivity contribution >= 4 is 17.3 Å². The Bertz CT molecular complexity index is 618. The molecule has 0 saturated carbocycles. The van der Waals surface area contributed by atoms with Gasteiger partial charge in [0.25, 0.3) is 5.91 Å². The van der Waals surface area contributed by atoms with E-state index >= 15 is 0 Å². The van der Waals surface area contributed by atoms with Crippen LogP contribution in [0.25, 0.3) is 0 Å². The van der Waals surface area contributed by atoms with Gasteiger partial charge in [0.15, 0.2) is 0 Å². The second-order valence-corrected chi connectivity index (χ2v) is 5.24. The maximum absolute atomic E-state index is 12.2. The van der Waals surface area contributed by atoms with Crippen molar-refractivity contribution < 1.29 is 4.79 Å². The summed E-state index contributed by atoms with van der Waals surface area (Å²) < 4.78 is 0. The standard InChI is InChI=1S/C18H23N3O/c1-3-21(4-2)13-14-8-10-15(11-9-14)18(22)20-17-7-5-6-16(19)12-17/h5-12H,3-4,13,19H2,1-2H3,(H,20,22). The van der Waals surface area contributed by atoms with Gasteiger partial charge in [0.1, 0.15) is 0 Å². The molecule has 0 aliphatic carbocycles. The number of carbonyl (C=O) groups excluding carboxylic acids is 1. The lowest BCUT2D eigenvalue weighted by atomic mass is 10.1. The number of amides is 1. The van der Waals surface area contributed by atoms with Crippen molar-refractivity contribution in [1.82, 2.24) is 4.90 Å². The molecule has 0 atom stereocenters. The Hall–Kier alpha value is -2.33. The number of nitrogens with one attached hydrogen (secondary N) is 1.